The van der Waals surface area contributed by atoms with Crippen LogP contribution in [0.4, 0.5) is 14.9 Å². The standard InChI is InChI=1S/C22H21FN4O3/c1-14-3-5-16(6-4-14)17-10-25-27(12-17)21-8-7-18(9-20(21)23)26-13-19(30-22(26)29)11-24-15(2)28/h3-10,12,19H,11,13H2,1-2H3,(H,24,28)/t19-/m0/s1. The lowest BCUT2D eigenvalue weighted by atomic mass is 10.1. The highest BCUT2D eigenvalue weighted by molar-refractivity contribution is 5.90. The number of cyclic esters (lactones) is 1. The number of hydrogen-bond donors (Lipinski definition) is 1. The van der Waals surface area contributed by atoms with Crippen molar-refractivity contribution in [2.45, 2.75) is 20.0 Å². The van der Waals surface area contributed by atoms with E-state index in [-0.39, 0.29) is 24.7 Å². The average molecular weight is 408 g/mol. The SMILES string of the molecule is CC(=O)NC[C@H]1CN(c2ccc(-n3cc(-c4ccc(C)cc4)cn3)c(F)c2)C(=O)O1. The molecule has 154 valence electrons. The summed E-state index contributed by atoms with van der Waals surface area (Å²) in [6.07, 6.45) is 2.39. The molecule has 1 aliphatic heterocycles. The van der Waals surface area contributed by atoms with Crippen molar-refractivity contribution in [3.05, 3.63) is 66.2 Å². The van der Waals surface area contributed by atoms with Crippen LogP contribution in [-0.2, 0) is 9.53 Å². The number of anilines is 1. The molecule has 0 spiro atoms. The molecule has 1 N–H and O–H groups in total. The third kappa shape index (κ3) is 4.03. The summed E-state index contributed by atoms with van der Waals surface area (Å²) in [5.74, 6) is -0.715. The highest BCUT2D eigenvalue weighted by Gasteiger charge is 2.32. The average Bonchev–Trinajstić information content (AvgIpc) is 3.34. The van der Waals surface area contributed by atoms with Gasteiger partial charge in [-0.25, -0.2) is 13.9 Å². The Kier molecular flexibility index (Phi) is 5.22. The smallest absolute Gasteiger partial charge is 0.414 e. The number of benzene rings is 2. The van der Waals surface area contributed by atoms with Crippen LogP contribution in [0.3, 0.4) is 0 Å². The quantitative estimate of drug-likeness (QED) is 0.702. The molecule has 1 atom stereocenters. The van der Waals surface area contributed by atoms with Crippen LogP contribution in [0.2, 0.25) is 0 Å². The zero-order valence-electron chi connectivity index (χ0n) is 16.6. The Morgan fingerprint density at radius 3 is 2.70 bits per heavy atom. The highest BCUT2D eigenvalue weighted by atomic mass is 19.1. The van der Waals surface area contributed by atoms with Crippen LogP contribution in [0.1, 0.15) is 12.5 Å². The van der Waals surface area contributed by atoms with Gasteiger partial charge in [-0.2, -0.15) is 5.10 Å². The second-order valence-electron chi connectivity index (χ2n) is 7.23. The summed E-state index contributed by atoms with van der Waals surface area (Å²) < 4.78 is 21.5. The third-order valence-corrected chi connectivity index (χ3v) is 4.91. The van der Waals surface area contributed by atoms with Crippen LogP contribution in [0.25, 0.3) is 16.8 Å². The molecule has 0 unspecified atom stereocenters. The van der Waals surface area contributed by atoms with E-state index < -0.39 is 18.0 Å². The molecular weight excluding hydrogens is 387 g/mol. The van der Waals surface area contributed by atoms with E-state index in [0.29, 0.717) is 5.69 Å². The first-order chi connectivity index (χ1) is 14.4. The number of rotatable bonds is 5. The maximum Gasteiger partial charge on any atom is 0.414 e. The molecule has 0 saturated carbocycles. The molecule has 30 heavy (non-hydrogen) atoms. The molecule has 1 aliphatic rings. The van der Waals surface area contributed by atoms with Crippen LogP contribution < -0.4 is 10.2 Å². The number of nitrogens with one attached hydrogen (secondary N) is 1. The van der Waals surface area contributed by atoms with E-state index in [1.807, 2.05) is 31.2 Å². The topological polar surface area (TPSA) is 76.5 Å². The molecule has 0 bridgehead atoms. The maximum atomic E-state index is 14.8. The molecular formula is C22H21FN4O3. The van der Waals surface area contributed by atoms with Gasteiger partial charge in [-0.05, 0) is 30.7 Å². The lowest BCUT2D eigenvalue weighted by Gasteiger charge is -2.14. The molecule has 7 nitrogen and oxygen atoms in total. The van der Waals surface area contributed by atoms with E-state index in [0.717, 1.165) is 16.7 Å². The van der Waals surface area contributed by atoms with Gasteiger partial charge in [0.2, 0.25) is 5.91 Å². The highest BCUT2D eigenvalue weighted by Crippen LogP contribution is 2.26. The predicted molar refractivity (Wildman–Crippen MR) is 110 cm³/mol. The first kappa shape index (κ1) is 19.6. The van der Waals surface area contributed by atoms with Crippen molar-refractivity contribution in [1.82, 2.24) is 15.1 Å². The van der Waals surface area contributed by atoms with E-state index in [9.17, 15) is 14.0 Å². The van der Waals surface area contributed by atoms with Gasteiger partial charge in [0.1, 0.15) is 11.8 Å². The van der Waals surface area contributed by atoms with Crippen molar-refractivity contribution in [3.63, 3.8) is 0 Å². The fourth-order valence-corrected chi connectivity index (χ4v) is 3.30. The lowest BCUT2D eigenvalue weighted by molar-refractivity contribution is -0.119. The van der Waals surface area contributed by atoms with Crippen molar-refractivity contribution < 1.29 is 18.7 Å². The Labute approximate surface area is 173 Å². The molecule has 1 aromatic heterocycles. The number of nitrogens with zero attached hydrogens (tertiary/aromatic N) is 3. The minimum atomic E-state index is -0.571. The summed E-state index contributed by atoms with van der Waals surface area (Å²) in [4.78, 5) is 24.5. The van der Waals surface area contributed by atoms with E-state index >= 15 is 0 Å². The molecule has 3 aromatic rings. The Bertz CT molecular complexity index is 1090. The first-order valence-corrected chi connectivity index (χ1v) is 9.55. The molecule has 2 heterocycles. The van der Waals surface area contributed by atoms with E-state index in [1.165, 1.54) is 22.6 Å². The third-order valence-electron chi connectivity index (χ3n) is 4.91. The van der Waals surface area contributed by atoms with Gasteiger partial charge in [-0.3, -0.25) is 9.69 Å². The molecule has 0 radical (unpaired) electrons. The van der Waals surface area contributed by atoms with Gasteiger partial charge >= 0.3 is 6.09 Å². The zero-order valence-corrected chi connectivity index (χ0v) is 16.6. The number of ether oxygens (including phenoxy) is 1. The number of aryl methyl sites for hydroxylation is 1. The molecule has 2 aromatic carbocycles. The fourth-order valence-electron chi connectivity index (χ4n) is 3.30. The van der Waals surface area contributed by atoms with Crippen molar-refractivity contribution in [2.75, 3.05) is 18.0 Å². The summed E-state index contributed by atoms with van der Waals surface area (Å²) in [7, 11) is 0. The number of aromatic nitrogens is 2. The second kappa shape index (κ2) is 7.98. The minimum Gasteiger partial charge on any atom is -0.442 e. The first-order valence-electron chi connectivity index (χ1n) is 9.55. The number of amides is 2. The monoisotopic (exact) mass is 408 g/mol. The second-order valence-corrected chi connectivity index (χ2v) is 7.23. The van der Waals surface area contributed by atoms with Gasteiger partial charge in [0.25, 0.3) is 0 Å². The number of hydrogen-bond acceptors (Lipinski definition) is 4. The Balaban J connectivity index is 1.52. The molecule has 1 saturated heterocycles. The van der Waals surface area contributed by atoms with Crippen molar-refractivity contribution in [2.24, 2.45) is 0 Å². The van der Waals surface area contributed by atoms with Crippen molar-refractivity contribution in [1.29, 1.82) is 0 Å². The van der Waals surface area contributed by atoms with Gasteiger partial charge in [0.15, 0.2) is 5.82 Å². The number of carbonyl (C=O) groups excluding carboxylic acids is 2. The van der Waals surface area contributed by atoms with E-state index in [2.05, 4.69) is 10.4 Å². The number of carbonyl (C=O) groups is 2. The van der Waals surface area contributed by atoms with E-state index in [4.69, 9.17) is 4.74 Å². The van der Waals surface area contributed by atoms with Gasteiger partial charge in [0, 0.05) is 18.7 Å². The van der Waals surface area contributed by atoms with Gasteiger partial charge in [0.05, 0.1) is 25.0 Å². The van der Waals surface area contributed by atoms with Crippen LogP contribution in [0.5, 0.6) is 0 Å². The lowest BCUT2D eigenvalue weighted by Crippen LogP contribution is -2.33. The largest absolute Gasteiger partial charge is 0.442 e. The molecule has 4 rings (SSSR count). The van der Waals surface area contributed by atoms with E-state index in [1.54, 1.807) is 24.5 Å². The fraction of sp³-hybridized carbons (Fsp3) is 0.227. The van der Waals surface area contributed by atoms with Gasteiger partial charge < -0.3 is 10.1 Å². The Morgan fingerprint density at radius 1 is 1.23 bits per heavy atom. The van der Waals surface area contributed by atoms with Gasteiger partial charge in [-0.15, -0.1) is 0 Å². The maximum absolute atomic E-state index is 14.8. The normalized spacial score (nSPS) is 15.9. The Hall–Kier alpha value is -3.68. The van der Waals surface area contributed by atoms with Crippen molar-refractivity contribution in [3.8, 4) is 16.8 Å². The molecule has 0 aliphatic carbocycles. The number of halogens is 1. The van der Waals surface area contributed by atoms with Crippen LogP contribution in [0.15, 0.2) is 54.9 Å². The molecule has 2 amide bonds. The summed E-state index contributed by atoms with van der Waals surface area (Å²) >= 11 is 0. The summed E-state index contributed by atoms with van der Waals surface area (Å²) in [5, 5.41) is 6.88. The zero-order chi connectivity index (χ0) is 21.3. The van der Waals surface area contributed by atoms with Crippen LogP contribution in [-0.4, -0.2) is 41.0 Å². The van der Waals surface area contributed by atoms with Gasteiger partial charge in [-0.1, -0.05) is 29.8 Å². The minimum absolute atomic E-state index is 0.205. The Morgan fingerprint density at radius 2 is 2.00 bits per heavy atom. The summed E-state index contributed by atoms with van der Waals surface area (Å²) in [6.45, 7) is 3.86. The molecule has 8 heteroatoms. The summed E-state index contributed by atoms with van der Waals surface area (Å²) in [5.41, 5.74) is 3.70. The summed E-state index contributed by atoms with van der Waals surface area (Å²) in [6, 6.07) is 12.5. The predicted octanol–water partition coefficient (Wildman–Crippen LogP) is 3.45. The van der Waals surface area contributed by atoms with Crippen LogP contribution >= 0.6 is 0 Å². The molecule has 1 fully saturated rings. The van der Waals surface area contributed by atoms with Crippen molar-refractivity contribution >= 4 is 17.7 Å². The van der Waals surface area contributed by atoms with Crippen LogP contribution in [0, 0.1) is 12.7 Å².